The van der Waals surface area contributed by atoms with Crippen LogP contribution < -0.4 is 0 Å². The van der Waals surface area contributed by atoms with Gasteiger partial charge in [-0.25, -0.2) is 4.79 Å². The summed E-state index contributed by atoms with van der Waals surface area (Å²) in [6, 6.07) is 6.50. The van der Waals surface area contributed by atoms with E-state index in [0.717, 1.165) is 38.8 Å². The number of carboxylic acid groups (broad SMARTS) is 1. The van der Waals surface area contributed by atoms with E-state index in [9.17, 15) is 19.8 Å². The molecule has 2 aliphatic rings. The van der Waals surface area contributed by atoms with Crippen LogP contribution in [0.3, 0.4) is 0 Å². The van der Waals surface area contributed by atoms with E-state index < -0.39 is 5.97 Å². The second-order valence-corrected chi connectivity index (χ2v) is 8.22. The second-order valence-electron chi connectivity index (χ2n) is 8.22. The van der Waals surface area contributed by atoms with Gasteiger partial charge in [0, 0.05) is 19.0 Å². The molecule has 1 aliphatic heterocycles. The average Bonchev–Trinajstić information content (AvgIpc) is 3.03. The molecule has 0 spiro atoms. The van der Waals surface area contributed by atoms with Crippen LogP contribution in [-0.2, 0) is 29.0 Å². The molecule has 0 aromatic heterocycles. The topological polar surface area (TPSA) is 77.8 Å². The number of hydrogen-bond acceptors (Lipinski definition) is 4. The molecule has 2 N–H and O–H groups in total. The molecule has 5 nitrogen and oxygen atoms in total. The number of aliphatic hydroxyl groups is 1. The van der Waals surface area contributed by atoms with Crippen molar-refractivity contribution >= 4 is 11.8 Å². The van der Waals surface area contributed by atoms with Crippen molar-refractivity contribution in [2.24, 2.45) is 11.8 Å². The predicted molar refractivity (Wildman–Crippen MR) is 112 cm³/mol. The van der Waals surface area contributed by atoms with E-state index in [0.29, 0.717) is 6.42 Å². The molecule has 0 amide bonds. The zero-order valence-electron chi connectivity index (χ0n) is 17.3. The van der Waals surface area contributed by atoms with Crippen molar-refractivity contribution in [2.45, 2.75) is 58.7 Å². The Morgan fingerprint density at radius 2 is 2.03 bits per heavy atom. The Kier molecular flexibility index (Phi) is 7.04. The van der Waals surface area contributed by atoms with Crippen molar-refractivity contribution in [1.29, 1.82) is 0 Å². The minimum absolute atomic E-state index is 0.000330. The number of carbonyl (C=O) groups excluding carboxylic acids is 1. The Morgan fingerprint density at radius 3 is 2.69 bits per heavy atom. The second kappa shape index (κ2) is 9.51. The number of benzene rings is 1. The van der Waals surface area contributed by atoms with E-state index in [-0.39, 0.29) is 29.4 Å². The molecule has 3 rings (SSSR count). The largest absolute Gasteiger partial charge is 0.478 e. The smallest absolute Gasteiger partial charge is 0.335 e. The normalized spacial score (nSPS) is 25.1. The average molecular weight is 398 g/mol. The molecule has 1 aromatic carbocycles. The third kappa shape index (κ3) is 5.22. The molecule has 0 saturated carbocycles. The highest BCUT2D eigenvalue weighted by molar-refractivity contribution is 5.97. The first-order valence-electron chi connectivity index (χ1n) is 10.6. The van der Waals surface area contributed by atoms with Crippen LogP contribution in [0, 0.1) is 11.8 Å². The summed E-state index contributed by atoms with van der Waals surface area (Å²) in [5.41, 5.74) is 3.93. The highest BCUT2D eigenvalue weighted by atomic mass is 16.4. The van der Waals surface area contributed by atoms with Crippen LogP contribution in [0.25, 0.3) is 0 Å². The SMILES string of the molecule is CCc1cc(CCC2C(=O)C=CC(C(=O)O)=CC2C)ccc1CN1CCCC1O. The Balaban J connectivity index is 1.68. The lowest BCUT2D eigenvalue weighted by Crippen LogP contribution is -2.28. The summed E-state index contributed by atoms with van der Waals surface area (Å²) in [7, 11) is 0. The zero-order chi connectivity index (χ0) is 21.0. The van der Waals surface area contributed by atoms with Gasteiger partial charge < -0.3 is 10.2 Å². The van der Waals surface area contributed by atoms with Gasteiger partial charge >= 0.3 is 5.97 Å². The van der Waals surface area contributed by atoms with Gasteiger partial charge in [-0.3, -0.25) is 9.69 Å². The number of aryl methyl sites for hydroxylation is 2. The Hall–Kier alpha value is -2.24. The van der Waals surface area contributed by atoms with Gasteiger partial charge in [0.2, 0.25) is 0 Å². The summed E-state index contributed by atoms with van der Waals surface area (Å²) in [4.78, 5) is 25.8. The Labute approximate surface area is 172 Å². The minimum atomic E-state index is -0.993. The Bertz CT molecular complexity index is 826. The predicted octanol–water partition coefficient (Wildman–Crippen LogP) is 3.50. The lowest BCUT2D eigenvalue weighted by atomic mass is 9.85. The summed E-state index contributed by atoms with van der Waals surface area (Å²) < 4.78 is 0. The summed E-state index contributed by atoms with van der Waals surface area (Å²) in [6.07, 6.45) is 8.48. The maximum atomic E-state index is 12.5. The third-order valence-electron chi connectivity index (χ3n) is 6.21. The molecule has 1 heterocycles. The molecular formula is C24H31NO4. The number of carbonyl (C=O) groups is 2. The lowest BCUT2D eigenvalue weighted by Gasteiger charge is -2.22. The first-order chi connectivity index (χ1) is 13.9. The van der Waals surface area contributed by atoms with E-state index in [4.69, 9.17) is 0 Å². The molecule has 29 heavy (non-hydrogen) atoms. The fraction of sp³-hybridized carbons (Fsp3) is 0.500. The molecule has 3 unspecified atom stereocenters. The van der Waals surface area contributed by atoms with Crippen LogP contribution in [0.5, 0.6) is 0 Å². The van der Waals surface area contributed by atoms with Crippen molar-refractivity contribution in [3.8, 4) is 0 Å². The van der Waals surface area contributed by atoms with Crippen molar-refractivity contribution in [3.05, 3.63) is 58.7 Å². The fourth-order valence-corrected chi connectivity index (χ4v) is 4.41. The molecule has 156 valence electrons. The Morgan fingerprint density at radius 1 is 1.24 bits per heavy atom. The van der Waals surface area contributed by atoms with E-state index in [1.165, 1.54) is 28.8 Å². The van der Waals surface area contributed by atoms with Crippen molar-refractivity contribution < 1.29 is 19.8 Å². The number of aliphatic hydroxyl groups excluding tert-OH is 1. The summed E-state index contributed by atoms with van der Waals surface area (Å²) in [6.45, 7) is 5.77. The van der Waals surface area contributed by atoms with Crippen molar-refractivity contribution in [3.63, 3.8) is 0 Å². The summed E-state index contributed by atoms with van der Waals surface area (Å²) >= 11 is 0. The molecule has 1 aromatic rings. The number of ketones is 1. The molecule has 0 bridgehead atoms. The fourth-order valence-electron chi connectivity index (χ4n) is 4.41. The van der Waals surface area contributed by atoms with Crippen molar-refractivity contribution in [1.82, 2.24) is 4.90 Å². The highest BCUT2D eigenvalue weighted by Gasteiger charge is 2.26. The van der Waals surface area contributed by atoms with Gasteiger partial charge in [0.15, 0.2) is 5.78 Å². The number of carboxylic acids is 1. The van der Waals surface area contributed by atoms with Gasteiger partial charge in [-0.15, -0.1) is 0 Å². The monoisotopic (exact) mass is 397 g/mol. The number of rotatable bonds is 7. The first-order valence-corrected chi connectivity index (χ1v) is 10.6. The molecule has 3 atom stereocenters. The van der Waals surface area contributed by atoms with Gasteiger partial charge in [-0.2, -0.15) is 0 Å². The van der Waals surface area contributed by atoms with Gasteiger partial charge in [0.05, 0.1) is 5.57 Å². The van der Waals surface area contributed by atoms with E-state index in [1.54, 1.807) is 6.08 Å². The maximum Gasteiger partial charge on any atom is 0.335 e. The van der Waals surface area contributed by atoms with Crippen LogP contribution in [-0.4, -0.2) is 39.6 Å². The third-order valence-corrected chi connectivity index (χ3v) is 6.21. The zero-order valence-corrected chi connectivity index (χ0v) is 17.3. The molecular weight excluding hydrogens is 366 g/mol. The number of allylic oxidation sites excluding steroid dienone is 2. The first kappa shape index (κ1) is 21.5. The van der Waals surface area contributed by atoms with Gasteiger partial charge in [-0.1, -0.05) is 38.1 Å². The number of likely N-dealkylation sites (tertiary alicyclic amines) is 1. The van der Waals surface area contributed by atoms with Gasteiger partial charge in [0.1, 0.15) is 6.23 Å². The van der Waals surface area contributed by atoms with E-state index in [2.05, 4.69) is 30.0 Å². The minimum Gasteiger partial charge on any atom is -0.478 e. The number of aliphatic carboxylic acids is 1. The molecule has 1 fully saturated rings. The van der Waals surface area contributed by atoms with Gasteiger partial charge in [0.25, 0.3) is 0 Å². The molecule has 1 saturated heterocycles. The molecule has 0 radical (unpaired) electrons. The standard InChI is InChI=1S/C24H31NO4/c1-3-18-14-17(6-8-20(18)15-25-12-4-5-23(25)27)7-10-21-16(2)13-19(24(28)29)9-11-22(21)26/h6,8-9,11,13-14,16,21,23,27H,3-5,7,10,12,15H2,1-2H3,(H,28,29). The van der Waals surface area contributed by atoms with Crippen LogP contribution in [0.2, 0.25) is 0 Å². The van der Waals surface area contributed by atoms with Crippen LogP contribution in [0.15, 0.2) is 42.0 Å². The van der Waals surface area contributed by atoms with Crippen molar-refractivity contribution in [2.75, 3.05) is 6.54 Å². The number of nitrogens with zero attached hydrogens (tertiary/aromatic N) is 1. The maximum absolute atomic E-state index is 12.5. The number of hydrogen-bond donors (Lipinski definition) is 2. The quantitative estimate of drug-likeness (QED) is 0.736. The van der Waals surface area contributed by atoms with E-state index in [1.807, 2.05) is 6.92 Å². The molecule has 1 aliphatic carbocycles. The van der Waals surface area contributed by atoms with Crippen LogP contribution in [0.1, 0.15) is 49.8 Å². The van der Waals surface area contributed by atoms with Gasteiger partial charge in [-0.05, 0) is 66.9 Å². The van der Waals surface area contributed by atoms with E-state index >= 15 is 0 Å². The molecule has 5 heteroatoms. The van der Waals surface area contributed by atoms with Crippen LogP contribution in [0.4, 0.5) is 0 Å². The van der Waals surface area contributed by atoms with Crippen LogP contribution >= 0.6 is 0 Å². The lowest BCUT2D eigenvalue weighted by molar-refractivity contribution is -0.132. The summed E-state index contributed by atoms with van der Waals surface area (Å²) in [5, 5.41) is 19.3. The summed E-state index contributed by atoms with van der Waals surface area (Å²) in [5.74, 6) is -1.30. The highest BCUT2D eigenvalue weighted by Crippen LogP contribution is 2.27.